The van der Waals surface area contributed by atoms with Gasteiger partial charge in [-0.2, -0.15) is 4.68 Å². The number of ether oxygens (including phenoxy) is 1. The van der Waals surface area contributed by atoms with Gasteiger partial charge in [-0.05, 0) is 68.7 Å². The third kappa shape index (κ3) is 4.84. The van der Waals surface area contributed by atoms with Gasteiger partial charge >= 0.3 is 0 Å². The lowest BCUT2D eigenvalue weighted by Gasteiger charge is -2.16. The van der Waals surface area contributed by atoms with E-state index in [2.05, 4.69) is 10.4 Å². The zero-order valence-electron chi connectivity index (χ0n) is 16.7. The van der Waals surface area contributed by atoms with Gasteiger partial charge in [0.25, 0.3) is 11.5 Å². The average molecular weight is 412 g/mol. The monoisotopic (exact) mass is 411 g/mol. The number of nitrogens with one attached hydrogen (secondary N) is 1. The standard InChI is InChI=1S/C22H22ClN3O3/c1-13-6-8-18(11-15(13)3)24-22(28)16(4)29-20-9-10-21(27)26(25-20)19-12-17(23)7-5-14(19)2/h5-12,16H,1-4H3,(H,24,28)/t16-/m1/s1. The average Bonchev–Trinajstić information content (AvgIpc) is 2.68. The van der Waals surface area contributed by atoms with E-state index in [1.165, 1.54) is 16.8 Å². The van der Waals surface area contributed by atoms with Crippen LogP contribution in [0, 0.1) is 20.8 Å². The number of carbonyl (C=O) groups excluding carboxylic acids is 1. The molecule has 0 aliphatic heterocycles. The molecule has 0 unspecified atom stereocenters. The van der Waals surface area contributed by atoms with Crippen molar-refractivity contribution in [2.75, 3.05) is 5.32 Å². The van der Waals surface area contributed by atoms with Crippen molar-refractivity contribution in [3.05, 3.63) is 80.6 Å². The van der Waals surface area contributed by atoms with E-state index in [0.29, 0.717) is 16.4 Å². The minimum absolute atomic E-state index is 0.159. The van der Waals surface area contributed by atoms with Gasteiger partial charge in [-0.15, -0.1) is 5.10 Å². The first kappa shape index (κ1) is 20.6. The van der Waals surface area contributed by atoms with Crippen LogP contribution in [0.2, 0.25) is 5.02 Å². The number of rotatable bonds is 5. The van der Waals surface area contributed by atoms with Crippen LogP contribution in [0.4, 0.5) is 5.69 Å². The molecule has 0 aliphatic rings. The summed E-state index contributed by atoms with van der Waals surface area (Å²) in [7, 11) is 0. The molecule has 0 saturated heterocycles. The fourth-order valence-corrected chi connectivity index (χ4v) is 2.90. The van der Waals surface area contributed by atoms with Crippen LogP contribution in [0.3, 0.4) is 0 Å². The van der Waals surface area contributed by atoms with Crippen molar-refractivity contribution in [1.82, 2.24) is 9.78 Å². The molecular formula is C22H22ClN3O3. The summed E-state index contributed by atoms with van der Waals surface area (Å²) in [6.07, 6.45) is -0.810. The third-order valence-electron chi connectivity index (χ3n) is 4.62. The first-order chi connectivity index (χ1) is 13.7. The van der Waals surface area contributed by atoms with Crippen molar-refractivity contribution in [3.63, 3.8) is 0 Å². The van der Waals surface area contributed by atoms with Crippen LogP contribution in [0.5, 0.6) is 5.88 Å². The topological polar surface area (TPSA) is 73.2 Å². The lowest BCUT2D eigenvalue weighted by molar-refractivity contribution is -0.122. The molecule has 1 aromatic heterocycles. The van der Waals surface area contributed by atoms with Crippen molar-refractivity contribution < 1.29 is 9.53 Å². The summed E-state index contributed by atoms with van der Waals surface area (Å²) in [4.78, 5) is 24.8. The number of benzene rings is 2. The quantitative estimate of drug-likeness (QED) is 0.682. The largest absolute Gasteiger partial charge is 0.463 e. The zero-order valence-corrected chi connectivity index (χ0v) is 17.4. The van der Waals surface area contributed by atoms with Gasteiger partial charge < -0.3 is 10.1 Å². The SMILES string of the molecule is Cc1ccc(NC(=O)[C@@H](C)Oc2ccc(=O)n(-c3cc(Cl)ccc3C)n2)cc1C. The highest BCUT2D eigenvalue weighted by atomic mass is 35.5. The Morgan fingerprint density at radius 2 is 1.76 bits per heavy atom. The molecule has 29 heavy (non-hydrogen) atoms. The molecule has 3 aromatic rings. The number of amides is 1. The van der Waals surface area contributed by atoms with Crippen LogP contribution in [0.1, 0.15) is 23.6 Å². The molecule has 0 bridgehead atoms. The van der Waals surface area contributed by atoms with Gasteiger partial charge in [-0.25, -0.2) is 0 Å². The number of nitrogens with zero attached hydrogens (tertiary/aromatic N) is 2. The van der Waals surface area contributed by atoms with E-state index in [0.717, 1.165) is 16.7 Å². The van der Waals surface area contributed by atoms with Crippen LogP contribution in [0.15, 0.2) is 53.3 Å². The van der Waals surface area contributed by atoms with Crippen LogP contribution < -0.4 is 15.6 Å². The maximum atomic E-state index is 12.5. The first-order valence-electron chi connectivity index (χ1n) is 9.16. The van der Waals surface area contributed by atoms with E-state index < -0.39 is 6.10 Å². The molecule has 7 heteroatoms. The molecule has 1 atom stereocenters. The van der Waals surface area contributed by atoms with E-state index in [4.69, 9.17) is 16.3 Å². The Morgan fingerprint density at radius 1 is 1.03 bits per heavy atom. The van der Waals surface area contributed by atoms with E-state index in [-0.39, 0.29) is 17.3 Å². The molecule has 1 N–H and O–H groups in total. The summed E-state index contributed by atoms with van der Waals surface area (Å²) >= 11 is 6.06. The molecule has 0 radical (unpaired) electrons. The minimum atomic E-state index is -0.810. The molecule has 6 nitrogen and oxygen atoms in total. The molecule has 0 saturated carbocycles. The maximum absolute atomic E-state index is 12.5. The van der Waals surface area contributed by atoms with Gasteiger partial charge in [0.2, 0.25) is 5.88 Å². The Labute approximate surface area is 174 Å². The number of aryl methyl sites for hydroxylation is 3. The second-order valence-electron chi connectivity index (χ2n) is 6.90. The second-order valence-corrected chi connectivity index (χ2v) is 7.34. The highest BCUT2D eigenvalue weighted by Crippen LogP contribution is 2.19. The summed E-state index contributed by atoms with van der Waals surface area (Å²) in [5.74, 6) is -0.154. The maximum Gasteiger partial charge on any atom is 0.271 e. The summed E-state index contributed by atoms with van der Waals surface area (Å²) < 4.78 is 6.89. The van der Waals surface area contributed by atoms with Crippen molar-refractivity contribution >= 4 is 23.2 Å². The van der Waals surface area contributed by atoms with Crippen molar-refractivity contribution in [1.29, 1.82) is 0 Å². The van der Waals surface area contributed by atoms with Crippen LogP contribution in [-0.2, 0) is 4.79 Å². The fraction of sp³-hybridized carbons (Fsp3) is 0.227. The molecule has 2 aromatic carbocycles. The molecule has 150 valence electrons. The zero-order chi connectivity index (χ0) is 21.1. The van der Waals surface area contributed by atoms with E-state index in [1.54, 1.807) is 25.1 Å². The first-order valence-corrected chi connectivity index (χ1v) is 9.54. The third-order valence-corrected chi connectivity index (χ3v) is 4.85. The Balaban J connectivity index is 1.79. The van der Waals surface area contributed by atoms with Crippen molar-refractivity contribution in [2.45, 2.75) is 33.8 Å². The Hall–Kier alpha value is -3.12. The predicted octanol–water partition coefficient (Wildman–Crippen LogP) is 4.22. The summed E-state index contributed by atoms with van der Waals surface area (Å²) in [5.41, 5.74) is 4.00. The highest BCUT2D eigenvalue weighted by Gasteiger charge is 2.17. The minimum Gasteiger partial charge on any atom is -0.463 e. The fourth-order valence-electron chi connectivity index (χ4n) is 2.74. The number of hydrogen-bond donors (Lipinski definition) is 1. The molecule has 3 rings (SSSR count). The van der Waals surface area contributed by atoms with Crippen molar-refractivity contribution in [2.24, 2.45) is 0 Å². The summed E-state index contributed by atoms with van der Waals surface area (Å²) in [5, 5.41) is 7.56. The number of hydrogen-bond acceptors (Lipinski definition) is 4. The van der Waals surface area contributed by atoms with Crippen LogP contribution in [0.25, 0.3) is 5.69 Å². The van der Waals surface area contributed by atoms with Gasteiger partial charge in [0.1, 0.15) is 0 Å². The Bertz CT molecular complexity index is 1120. The number of carbonyl (C=O) groups is 1. The predicted molar refractivity (Wildman–Crippen MR) is 114 cm³/mol. The van der Waals surface area contributed by atoms with Crippen LogP contribution in [-0.4, -0.2) is 21.8 Å². The number of aromatic nitrogens is 2. The van der Waals surface area contributed by atoms with Gasteiger partial charge in [0.05, 0.1) is 5.69 Å². The molecular weight excluding hydrogens is 390 g/mol. The number of anilines is 1. The van der Waals surface area contributed by atoms with Gasteiger partial charge in [0, 0.05) is 22.8 Å². The van der Waals surface area contributed by atoms with Crippen LogP contribution >= 0.6 is 11.6 Å². The normalized spacial score (nSPS) is 11.8. The van der Waals surface area contributed by atoms with E-state index in [9.17, 15) is 9.59 Å². The van der Waals surface area contributed by atoms with E-state index >= 15 is 0 Å². The molecule has 1 amide bonds. The summed E-state index contributed by atoms with van der Waals surface area (Å²) in [6.45, 7) is 7.47. The van der Waals surface area contributed by atoms with Crippen molar-refractivity contribution in [3.8, 4) is 11.6 Å². The Kier molecular flexibility index (Phi) is 6.03. The smallest absolute Gasteiger partial charge is 0.271 e. The molecule has 0 spiro atoms. The van der Waals surface area contributed by atoms with E-state index in [1.807, 2.05) is 39.0 Å². The summed E-state index contributed by atoms with van der Waals surface area (Å²) in [6, 6.07) is 13.7. The Morgan fingerprint density at radius 3 is 2.48 bits per heavy atom. The van der Waals surface area contributed by atoms with Gasteiger partial charge in [0.15, 0.2) is 6.10 Å². The van der Waals surface area contributed by atoms with Gasteiger partial charge in [-0.3, -0.25) is 9.59 Å². The number of halogens is 1. The molecule has 0 aliphatic carbocycles. The second kappa shape index (κ2) is 8.49. The lowest BCUT2D eigenvalue weighted by atomic mass is 10.1. The highest BCUT2D eigenvalue weighted by molar-refractivity contribution is 6.30. The lowest BCUT2D eigenvalue weighted by Crippen LogP contribution is -2.31. The molecule has 1 heterocycles. The molecule has 0 fully saturated rings. The van der Waals surface area contributed by atoms with Gasteiger partial charge in [-0.1, -0.05) is 23.7 Å².